The van der Waals surface area contributed by atoms with Gasteiger partial charge in [0.25, 0.3) is 5.91 Å². The molecule has 2 fully saturated rings. The van der Waals surface area contributed by atoms with Crippen molar-refractivity contribution in [1.82, 2.24) is 19.8 Å². The molecule has 2 atom stereocenters. The van der Waals surface area contributed by atoms with Crippen molar-refractivity contribution in [3.8, 4) is 5.69 Å². The molecule has 3 heterocycles. The van der Waals surface area contributed by atoms with Crippen molar-refractivity contribution in [2.75, 3.05) is 26.2 Å². The summed E-state index contributed by atoms with van der Waals surface area (Å²) in [5.41, 5.74) is 2.80. The minimum Gasteiger partial charge on any atom is -0.339 e. The summed E-state index contributed by atoms with van der Waals surface area (Å²) in [6.07, 6.45) is 7.60. The largest absolute Gasteiger partial charge is 0.339 e. The van der Waals surface area contributed by atoms with E-state index in [4.69, 9.17) is 0 Å². The fraction of sp³-hybridized carbons (Fsp3) is 0.474. The van der Waals surface area contributed by atoms with E-state index in [2.05, 4.69) is 10.3 Å². The highest BCUT2D eigenvalue weighted by Crippen LogP contribution is 2.28. The lowest BCUT2D eigenvalue weighted by Gasteiger charge is -2.23. The van der Waals surface area contributed by atoms with Crippen LogP contribution < -0.4 is 5.32 Å². The van der Waals surface area contributed by atoms with E-state index in [0.717, 1.165) is 67.7 Å². The highest BCUT2D eigenvalue weighted by molar-refractivity contribution is 5.98. The Balaban J connectivity index is 0.00000121. The zero-order chi connectivity index (χ0) is 16.5. The molecule has 5 nitrogen and oxygen atoms in total. The second-order valence-electron chi connectivity index (χ2n) is 7.04. The lowest BCUT2D eigenvalue weighted by molar-refractivity contribution is 0.0758. The van der Waals surface area contributed by atoms with Crippen LogP contribution in [0.3, 0.4) is 0 Å². The van der Waals surface area contributed by atoms with E-state index in [9.17, 15) is 4.79 Å². The van der Waals surface area contributed by atoms with Gasteiger partial charge in [-0.05, 0) is 56.8 Å². The zero-order valence-electron chi connectivity index (χ0n) is 14.9. The minimum atomic E-state index is 0. The number of rotatable bonds is 2. The van der Waals surface area contributed by atoms with Crippen molar-refractivity contribution in [1.29, 1.82) is 0 Å². The van der Waals surface area contributed by atoms with Crippen molar-refractivity contribution in [3.63, 3.8) is 0 Å². The highest BCUT2D eigenvalue weighted by atomic mass is 35.5. The average Bonchev–Trinajstić information content (AvgIpc) is 3.23. The predicted molar refractivity (Wildman–Crippen MR) is 108 cm³/mol. The third-order valence-corrected chi connectivity index (χ3v) is 5.47. The molecular weight excluding hydrogens is 371 g/mol. The number of amides is 1. The standard InChI is InChI=1S/C19H24N4O.2ClH/c1-14-2-3-18(23-9-6-20-13-23)17(10-14)19(24)22-7-4-15-11-21-12-16(15)5-8-22;;/h2-3,6,9-10,13,15-16,21H,4-5,7-8,11-12H2,1H3;2*1H/t15-,16+;;. The van der Waals surface area contributed by atoms with Gasteiger partial charge < -0.3 is 14.8 Å². The molecule has 2 aliphatic rings. The fourth-order valence-electron chi connectivity index (χ4n) is 4.04. The third kappa shape index (κ3) is 4.05. The number of hydrogen-bond donors (Lipinski definition) is 1. The van der Waals surface area contributed by atoms with Gasteiger partial charge in [-0.15, -0.1) is 24.8 Å². The summed E-state index contributed by atoms with van der Waals surface area (Å²) in [6.45, 7) is 5.97. The van der Waals surface area contributed by atoms with E-state index in [1.165, 1.54) is 0 Å². The maximum Gasteiger partial charge on any atom is 0.255 e. The van der Waals surface area contributed by atoms with E-state index in [-0.39, 0.29) is 30.7 Å². The van der Waals surface area contributed by atoms with Crippen LogP contribution in [0.25, 0.3) is 5.69 Å². The van der Waals surface area contributed by atoms with Gasteiger partial charge in [-0.1, -0.05) is 11.6 Å². The Bertz CT molecular complexity index is 721. The molecule has 26 heavy (non-hydrogen) atoms. The predicted octanol–water partition coefficient (Wildman–Crippen LogP) is 3.10. The number of aryl methyl sites for hydroxylation is 1. The monoisotopic (exact) mass is 396 g/mol. The first-order chi connectivity index (χ1) is 11.7. The molecule has 142 valence electrons. The number of aromatic nitrogens is 2. The maximum absolute atomic E-state index is 13.2. The summed E-state index contributed by atoms with van der Waals surface area (Å²) in [5.74, 6) is 1.61. The molecule has 1 N–H and O–H groups in total. The number of hydrogen-bond acceptors (Lipinski definition) is 3. The van der Waals surface area contributed by atoms with E-state index < -0.39 is 0 Å². The molecule has 0 radical (unpaired) electrons. The molecule has 2 aromatic rings. The molecule has 0 aliphatic carbocycles. The van der Waals surface area contributed by atoms with Gasteiger partial charge in [0, 0.05) is 25.5 Å². The number of likely N-dealkylation sites (tertiary alicyclic amines) is 1. The zero-order valence-corrected chi connectivity index (χ0v) is 16.6. The first-order valence-electron chi connectivity index (χ1n) is 8.81. The van der Waals surface area contributed by atoms with Crippen LogP contribution in [0.1, 0.15) is 28.8 Å². The topological polar surface area (TPSA) is 50.2 Å². The third-order valence-electron chi connectivity index (χ3n) is 5.47. The van der Waals surface area contributed by atoms with Crippen LogP contribution in [0, 0.1) is 18.8 Å². The number of benzene rings is 1. The van der Waals surface area contributed by atoms with Crippen molar-refractivity contribution >= 4 is 30.7 Å². The van der Waals surface area contributed by atoms with Crippen molar-refractivity contribution < 1.29 is 4.79 Å². The van der Waals surface area contributed by atoms with Crippen LogP contribution in [-0.2, 0) is 0 Å². The normalized spacial score (nSPS) is 22.0. The number of fused-ring (bicyclic) bond motifs is 1. The second-order valence-corrected chi connectivity index (χ2v) is 7.04. The molecular formula is C19H26Cl2N4O. The maximum atomic E-state index is 13.2. The van der Waals surface area contributed by atoms with Crippen LogP contribution in [0.4, 0.5) is 0 Å². The van der Waals surface area contributed by atoms with Crippen LogP contribution in [0.2, 0.25) is 0 Å². The van der Waals surface area contributed by atoms with Gasteiger partial charge in [0.1, 0.15) is 0 Å². The Hall–Kier alpha value is -1.56. The van der Waals surface area contributed by atoms with Crippen LogP contribution in [0.15, 0.2) is 36.9 Å². The molecule has 2 saturated heterocycles. The summed E-state index contributed by atoms with van der Waals surface area (Å²) < 4.78 is 1.92. The van der Waals surface area contributed by atoms with Gasteiger partial charge in [0.15, 0.2) is 0 Å². The molecule has 0 saturated carbocycles. The fourth-order valence-corrected chi connectivity index (χ4v) is 4.04. The first kappa shape index (κ1) is 20.7. The number of imidazole rings is 1. The SMILES string of the molecule is Cc1ccc(-n2ccnc2)c(C(=O)N2CC[C@@H]3CNC[C@@H]3CC2)c1.Cl.Cl. The van der Waals surface area contributed by atoms with Crippen LogP contribution >= 0.6 is 24.8 Å². The Morgan fingerprint density at radius 3 is 2.46 bits per heavy atom. The molecule has 1 aromatic heterocycles. The van der Waals surface area contributed by atoms with E-state index in [1.54, 1.807) is 12.5 Å². The Morgan fingerprint density at radius 1 is 1.15 bits per heavy atom. The first-order valence-corrected chi connectivity index (χ1v) is 8.81. The molecule has 1 aromatic carbocycles. The van der Waals surface area contributed by atoms with E-state index >= 15 is 0 Å². The molecule has 1 amide bonds. The summed E-state index contributed by atoms with van der Waals surface area (Å²) in [6, 6.07) is 6.07. The van der Waals surface area contributed by atoms with Crippen LogP contribution in [0.5, 0.6) is 0 Å². The summed E-state index contributed by atoms with van der Waals surface area (Å²) in [4.78, 5) is 19.4. The number of carbonyl (C=O) groups excluding carboxylic acids is 1. The Labute approximate surface area is 167 Å². The number of nitrogens with zero attached hydrogens (tertiary/aromatic N) is 3. The lowest BCUT2D eigenvalue weighted by Crippen LogP contribution is -2.33. The Kier molecular flexibility index (Phi) is 7.09. The van der Waals surface area contributed by atoms with E-state index in [0.29, 0.717) is 0 Å². The van der Waals surface area contributed by atoms with Gasteiger partial charge in [0.2, 0.25) is 0 Å². The molecule has 2 aliphatic heterocycles. The van der Waals surface area contributed by atoms with Gasteiger partial charge >= 0.3 is 0 Å². The van der Waals surface area contributed by atoms with Crippen LogP contribution in [-0.4, -0.2) is 46.5 Å². The average molecular weight is 397 g/mol. The minimum absolute atomic E-state index is 0. The van der Waals surface area contributed by atoms with Crippen molar-refractivity contribution in [2.24, 2.45) is 11.8 Å². The second kappa shape index (κ2) is 8.89. The number of halogens is 2. The summed E-state index contributed by atoms with van der Waals surface area (Å²) in [7, 11) is 0. The smallest absolute Gasteiger partial charge is 0.255 e. The molecule has 0 spiro atoms. The summed E-state index contributed by atoms with van der Waals surface area (Å²) in [5, 5.41) is 3.49. The molecule has 0 unspecified atom stereocenters. The Morgan fingerprint density at radius 2 is 1.85 bits per heavy atom. The van der Waals surface area contributed by atoms with Gasteiger partial charge in [-0.2, -0.15) is 0 Å². The van der Waals surface area contributed by atoms with E-state index in [1.807, 2.05) is 40.8 Å². The number of carbonyl (C=O) groups is 1. The number of nitrogens with one attached hydrogen (secondary N) is 1. The van der Waals surface area contributed by atoms with Crippen molar-refractivity contribution in [3.05, 3.63) is 48.0 Å². The molecule has 0 bridgehead atoms. The quantitative estimate of drug-likeness (QED) is 0.848. The van der Waals surface area contributed by atoms with Gasteiger partial charge in [0.05, 0.1) is 17.6 Å². The van der Waals surface area contributed by atoms with Gasteiger partial charge in [-0.3, -0.25) is 4.79 Å². The molecule has 7 heteroatoms. The highest BCUT2D eigenvalue weighted by Gasteiger charge is 2.32. The molecule has 4 rings (SSSR count). The lowest BCUT2D eigenvalue weighted by atomic mass is 9.92. The van der Waals surface area contributed by atoms with Crippen molar-refractivity contribution in [2.45, 2.75) is 19.8 Å². The summed E-state index contributed by atoms with van der Waals surface area (Å²) >= 11 is 0. The van der Waals surface area contributed by atoms with Gasteiger partial charge in [-0.25, -0.2) is 4.98 Å².